The number of carboxylic acids is 1. The molecule has 0 fully saturated rings. The third-order valence-electron chi connectivity index (χ3n) is 2.84. The molecule has 1 aromatic rings. The Hall–Kier alpha value is -2.04. The van der Waals surface area contributed by atoms with Crippen molar-refractivity contribution in [3.05, 3.63) is 35.9 Å². The van der Waals surface area contributed by atoms with Crippen LogP contribution in [0, 0.1) is 0 Å². The molecule has 1 N–H and O–H groups in total. The van der Waals surface area contributed by atoms with Gasteiger partial charge in [0.05, 0.1) is 6.42 Å². The maximum atomic E-state index is 11.9. The third-order valence-corrected chi connectivity index (χ3v) is 2.84. The summed E-state index contributed by atoms with van der Waals surface area (Å²) in [6, 6.07) is 9.40. The average Bonchev–Trinajstić information content (AvgIpc) is 2.45. The lowest BCUT2D eigenvalue weighted by atomic mass is 10.2. The van der Waals surface area contributed by atoms with Gasteiger partial charge in [0.15, 0.2) is 0 Å². The van der Waals surface area contributed by atoms with Crippen molar-refractivity contribution in [2.75, 3.05) is 13.1 Å². The standard InChI is InChI=1S/C15H21NO4/c1-2-3-10-16(11-9-14(17)18)15(19)20-12-13-7-5-4-6-8-13/h4-8H,2-3,9-12H2,1H3,(H,17,18). The zero-order chi connectivity index (χ0) is 14.8. The minimum Gasteiger partial charge on any atom is -0.481 e. The van der Waals surface area contributed by atoms with Crippen molar-refractivity contribution in [1.29, 1.82) is 0 Å². The molecule has 0 atom stereocenters. The summed E-state index contributed by atoms with van der Waals surface area (Å²) in [6.07, 6.45) is 1.25. The molecule has 1 rings (SSSR count). The van der Waals surface area contributed by atoms with Crippen LogP contribution in [0.4, 0.5) is 4.79 Å². The second kappa shape index (κ2) is 8.96. The number of carbonyl (C=O) groups excluding carboxylic acids is 1. The summed E-state index contributed by atoms with van der Waals surface area (Å²) >= 11 is 0. The van der Waals surface area contributed by atoms with Gasteiger partial charge < -0.3 is 14.7 Å². The summed E-state index contributed by atoms with van der Waals surface area (Å²) in [7, 11) is 0. The number of carboxylic acid groups (broad SMARTS) is 1. The van der Waals surface area contributed by atoms with Crippen molar-refractivity contribution in [2.45, 2.75) is 32.8 Å². The summed E-state index contributed by atoms with van der Waals surface area (Å²) in [6.45, 7) is 2.93. The zero-order valence-corrected chi connectivity index (χ0v) is 11.7. The van der Waals surface area contributed by atoms with E-state index in [1.165, 1.54) is 4.90 Å². The molecule has 1 aromatic carbocycles. The number of hydrogen-bond donors (Lipinski definition) is 1. The number of hydrogen-bond acceptors (Lipinski definition) is 3. The van der Waals surface area contributed by atoms with Gasteiger partial charge in [-0.2, -0.15) is 0 Å². The van der Waals surface area contributed by atoms with Crippen LogP contribution < -0.4 is 0 Å². The molecular weight excluding hydrogens is 258 g/mol. The summed E-state index contributed by atoms with van der Waals surface area (Å²) in [5.41, 5.74) is 0.912. The first-order valence-electron chi connectivity index (χ1n) is 6.81. The second-order valence-electron chi connectivity index (χ2n) is 4.52. The molecule has 0 aliphatic carbocycles. The maximum Gasteiger partial charge on any atom is 0.410 e. The quantitative estimate of drug-likeness (QED) is 0.794. The van der Waals surface area contributed by atoms with E-state index in [0.29, 0.717) is 6.54 Å². The van der Waals surface area contributed by atoms with E-state index in [-0.39, 0.29) is 19.6 Å². The third kappa shape index (κ3) is 6.22. The van der Waals surface area contributed by atoms with Crippen LogP contribution in [0.2, 0.25) is 0 Å². The molecule has 0 bridgehead atoms. The van der Waals surface area contributed by atoms with E-state index in [1.807, 2.05) is 37.3 Å². The molecule has 0 aromatic heterocycles. The normalized spacial score (nSPS) is 10.1. The molecule has 0 heterocycles. The number of ether oxygens (including phenoxy) is 1. The van der Waals surface area contributed by atoms with Gasteiger partial charge in [0.1, 0.15) is 6.61 Å². The lowest BCUT2D eigenvalue weighted by Gasteiger charge is -2.21. The minimum atomic E-state index is -0.914. The summed E-state index contributed by atoms with van der Waals surface area (Å²) in [5, 5.41) is 8.70. The van der Waals surface area contributed by atoms with Crippen LogP contribution in [0.3, 0.4) is 0 Å². The smallest absolute Gasteiger partial charge is 0.410 e. The first kappa shape index (κ1) is 16.0. The van der Waals surface area contributed by atoms with Crippen LogP contribution in [0.25, 0.3) is 0 Å². The molecule has 0 spiro atoms. The molecule has 0 aliphatic rings. The zero-order valence-electron chi connectivity index (χ0n) is 11.7. The molecule has 0 unspecified atom stereocenters. The van der Waals surface area contributed by atoms with Gasteiger partial charge in [0, 0.05) is 13.1 Å². The van der Waals surface area contributed by atoms with Gasteiger partial charge in [0.25, 0.3) is 0 Å². The molecule has 0 saturated heterocycles. The monoisotopic (exact) mass is 279 g/mol. The van der Waals surface area contributed by atoms with Gasteiger partial charge in [-0.15, -0.1) is 0 Å². The Labute approximate surface area is 119 Å². The summed E-state index contributed by atoms with van der Waals surface area (Å²) in [4.78, 5) is 24.0. The highest BCUT2D eigenvalue weighted by Crippen LogP contribution is 2.05. The van der Waals surface area contributed by atoms with Gasteiger partial charge in [-0.1, -0.05) is 43.7 Å². The number of carbonyl (C=O) groups is 2. The predicted molar refractivity (Wildman–Crippen MR) is 75.4 cm³/mol. The molecule has 5 heteroatoms. The minimum absolute atomic E-state index is 0.0653. The maximum absolute atomic E-state index is 11.9. The van der Waals surface area contributed by atoms with Crippen molar-refractivity contribution in [3.8, 4) is 0 Å². The highest BCUT2D eigenvalue weighted by molar-refractivity contribution is 5.70. The van der Waals surface area contributed by atoms with Crippen molar-refractivity contribution in [2.24, 2.45) is 0 Å². The lowest BCUT2D eigenvalue weighted by Crippen LogP contribution is -2.34. The number of nitrogens with zero attached hydrogens (tertiary/aromatic N) is 1. The van der Waals surface area contributed by atoms with Crippen molar-refractivity contribution in [3.63, 3.8) is 0 Å². The lowest BCUT2D eigenvalue weighted by molar-refractivity contribution is -0.137. The van der Waals surface area contributed by atoms with E-state index >= 15 is 0 Å². The SMILES string of the molecule is CCCCN(CCC(=O)O)C(=O)OCc1ccccc1. The molecule has 0 radical (unpaired) electrons. The highest BCUT2D eigenvalue weighted by atomic mass is 16.6. The van der Waals surface area contributed by atoms with Crippen LogP contribution >= 0.6 is 0 Å². The fraction of sp³-hybridized carbons (Fsp3) is 0.467. The molecule has 0 saturated carbocycles. The van der Waals surface area contributed by atoms with E-state index in [4.69, 9.17) is 9.84 Å². The Kier molecular flexibility index (Phi) is 7.17. The Bertz CT molecular complexity index is 419. The number of rotatable bonds is 8. The first-order valence-corrected chi connectivity index (χ1v) is 6.81. The van der Waals surface area contributed by atoms with Crippen LogP contribution in [0.1, 0.15) is 31.7 Å². The average molecular weight is 279 g/mol. The Morgan fingerprint density at radius 2 is 1.90 bits per heavy atom. The fourth-order valence-corrected chi connectivity index (χ4v) is 1.68. The first-order chi connectivity index (χ1) is 9.63. The fourth-order valence-electron chi connectivity index (χ4n) is 1.68. The largest absolute Gasteiger partial charge is 0.481 e. The van der Waals surface area contributed by atoms with Crippen molar-refractivity contribution < 1.29 is 19.4 Å². The number of unbranched alkanes of at least 4 members (excludes halogenated alkanes) is 1. The predicted octanol–water partition coefficient (Wildman–Crippen LogP) is 2.90. The van der Waals surface area contributed by atoms with Crippen LogP contribution in [-0.4, -0.2) is 35.2 Å². The van der Waals surface area contributed by atoms with E-state index in [2.05, 4.69) is 0 Å². The number of amides is 1. The van der Waals surface area contributed by atoms with Crippen LogP contribution in [-0.2, 0) is 16.1 Å². The van der Waals surface area contributed by atoms with Gasteiger partial charge in [-0.3, -0.25) is 4.79 Å². The van der Waals surface area contributed by atoms with E-state index in [9.17, 15) is 9.59 Å². The van der Waals surface area contributed by atoms with Gasteiger partial charge in [0.2, 0.25) is 0 Å². The molecular formula is C15H21NO4. The molecule has 0 aliphatic heterocycles. The van der Waals surface area contributed by atoms with Gasteiger partial charge in [-0.25, -0.2) is 4.79 Å². The molecule has 5 nitrogen and oxygen atoms in total. The van der Waals surface area contributed by atoms with Crippen LogP contribution in [0.5, 0.6) is 0 Å². The molecule has 110 valence electrons. The Morgan fingerprint density at radius 1 is 1.20 bits per heavy atom. The Morgan fingerprint density at radius 3 is 2.50 bits per heavy atom. The Balaban J connectivity index is 2.46. The summed E-state index contributed by atoms with van der Waals surface area (Å²) in [5.74, 6) is -0.914. The van der Waals surface area contributed by atoms with Gasteiger partial charge in [-0.05, 0) is 12.0 Å². The second-order valence-corrected chi connectivity index (χ2v) is 4.52. The highest BCUT2D eigenvalue weighted by Gasteiger charge is 2.15. The topological polar surface area (TPSA) is 66.8 Å². The number of aliphatic carboxylic acids is 1. The van der Waals surface area contributed by atoms with Crippen molar-refractivity contribution in [1.82, 2.24) is 4.90 Å². The molecule has 1 amide bonds. The van der Waals surface area contributed by atoms with Crippen LogP contribution in [0.15, 0.2) is 30.3 Å². The van der Waals surface area contributed by atoms with E-state index in [0.717, 1.165) is 18.4 Å². The van der Waals surface area contributed by atoms with Gasteiger partial charge >= 0.3 is 12.1 Å². The molecule has 20 heavy (non-hydrogen) atoms. The van der Waals surface area contributed by atoms with Crippen molar-refractivity contribution >= 4 is 12.1 Å². The number of benzene rings is 1. The van der Waals surface area contributed by atoms with E-state index < -0.39 is 12.1 Å². The van der Waals surface area contributed by atoms with E-state index in [1.54, 1.807) is 0 Å². The summed E-state index contributed by atoms with van der Waals surface area (Å²) < 4.78 is 5.21.